The normalized spacial score (nSPS) is 14.3. The van der Waals surface area contributed by atoms with Crippen LogP contribution in [-0.4, -0.2) is 31.2 Å². The van der Waals surface area contributed by atoms with Crippen LogP contribution in [0.1, 0.15) is 6.42 Å². The third-order valence-electron chi connectivity index (χ3n) is 2.38. The Hall–Kier alpha value is -1.71. The van der Waals surface area contributed by atoms with Crippen LogP contribution in [0.2, 0.25) is 0 Å². The van der Waals surface area contributed by atoms with E-state index in [1.165, 1.54) is 0 Å². The van der Waals surface area contributed by atoms with Gasteiger partial charge < -0.3 is 14.4 Å². The lowest BCUT2D eigenvalue weighted by molar-refractivity contribution is 0.123. The molecule has 0 saturated carbocycles. The number of hydrogen-bond acceptors (Lipinski definition) is 3. The molecular formula is C11H13NO3. The Morgan fingerprint density at radius 3 is 2.47 bits per heavy atom. The van der Waals surface area contributed by atoms with Gasteiger partial charge in [-0.3, -0.25) is 0 Å². The molecule has 2 rings (SSSR count). The Bertz CT molecular complexity index is 361. The number of rotatable bonds is 2. The van der Waals surface area contributed by atoms with Gasteiger partial charge in [-0.1, -0.05) is 12.1 Å². The second kappa shape index (κ2) is 4.21. The van der Waals surface area contributed by atoms with E-state index in [-0.39, 0.29) is 6.09 Å². The molecule has 1 saturated heterocycles. The Morgan fingerprint density at radius 2 is 1.93 bits per heavy atom. The van der Waals surface area contributed by atoms with E-state index in [4.69, 9.17) is 9.47 Å². The van der Waals surface area contributed by atoms with Gasteiger partial charge in [0.15, 0.2) is 11.5 Å². The highest BCUT2D eigenvalue weighted by molar-refractivity contribution is 5.72. The number of carbonyl (C=O) groups excluding carboxylic acids is 1. The number of nitrogens with zero attached hydrogens (tertiary/aromatic N) is 1. The van der Waals surface area contributed by atoms with Crippen molar-refractivity contribution in [2.24, 2.45) is 0 Å². The Kier molecular flexibility index (Phi) is 2.76. The number of methoxy groups -OCH3 is 1. The molecule has 1 aromatic carbocycles. The minimum Gasteiger partial charge on any atom is -0.493 e. The molecule has 1 aromatic rings. The van der Waals surface area contributed by atoms with Crippen LogP contribution in [0.15, 0.2) is 24.3 Å². The number of para-hydroxylation sites is 2. The molecule has 4 heteroatoms. The summed E-state index contributed by atoms with van der Waals surface area (Å²) in [5.74, 6) is 1.04. The van der Waals surface area contributed by atoms with Crippen LogP contribution in [0.4, 0.5) is 4.79 Å². The standard InChI is InChI=1S/C11H13NO3/c1-14-9-5-2-3-6-10(9)15-11(13)12-7-4-8-12/h2-3,5-6H,4,7-8H2,1H3. The van der Waals surface area contributed by atoms with Crippen LogP contribution < -0.4 is 9.47 Å². The summed E-state index contributed by atoms with van der Waals surface area (Å²) in [4.78, 5) is 13.2. The second-order valence-corrected chi connectivity index (χ2v) is 3.36. The van der Waals surface area contributed by atoms with Crippen molar-refractivity contribution in [2.45, 2.75) is 6.42 Å². The quantitative estimate of drug-likeness (QED) is 0.743. The monoisotopic (exact) mass is 207 g/mol. The fraction of sp³-hybridized carbons (Fsp3) is 0.364. The van der Waals surface area contributed by atoms with Gasteiger partial charge in [-0.25, -0.2) is 4.79 Å². The summed E-state index contributed by atoms with van der Waals surface area (Å²) in [5, 5.41) is 0. The predicted octanol–water partition coefficient (Wildman–Crippen LogP) is 1.90. The van der Waals surface area contributed by atoms with Crippen LogP contribution >= 0.6 is 0 Å². The van der Waals surface area contributed by atoms with E-state index in [0.717, 1.165) is 19.5 Å². The maximum Gasteiger partial charge on any atom is 0.415 e. The molecule has 0 aliphatic carbocycles. The largest absolute Gasteiger partial charge is 0.493 e. The van der Waals surface area contributed by atoms with E-state index < -0.39 is 0 Å². The fourth-order valence-electron chi connectivity index (χ4n) is 1.36. The molecule has 0 N–H and O–H groups in total. The summed E-state index contributed by atoms with van der Waals surface area (Å²) in [6.07, 6.45) is 0.756. The number of carbonyl (C=O) groups is 1. The molecule has 0 unspecified atom stereocenters. The summed E-state index contributed by atoms with van der Waals surface area (Å²) in [6, 6.07) is 7.12. The van der Waals surface area contributed by atoms with Crippen molar-refractivity contribution in [3.63, 3.8) is 0 Å². The van der Waals surface area contributed by atoms with Gasteiger partial charge in [0.25, 0.3) is 0 Å². The van der Waals surface area contributed by atoms with Crippen LogP contribution in [0.3, 0.4) is 0 Å². The first kappa shape index (κ1) is 9.83. The topological polar surface area (TPSA) is 38.8 Å². The summed E-state index contributed by atoms with van der Waals surface area (Å²) < 4.78 is 10.3. The van der Waals surface area contributed by atoms with Gasteiger partial charge >= 0.3 is 6.09 Å². The molecule has 0 aromatic heterocycles. The number of benzene rings is 1. The molecule has 1 aliphatic rings. The molecule has 0 bridgehead atoms. The first-order valence-electron chi connectivity index (χ1n) is 4.91. The summed E-state index contributed by atoms with van der Waals surface area (Å²) in [7, 11) is 1.55. The van der Waals surface area contributed by atoms with Gasteiger partial charge in [0, 0.05) is 13.1 Å². The molecule has 1 heterocycles. The lowest BCUT2D eigenvalue weighted by Gasteiger charge is -2.29. The minimum atomic E-state index is -0.300. The lowest BCUT2D eigenvalue weighted by Crippen LogP contribution is -2.43. The fourth-order valence-corrected chi connectivity index (χ4v) is 1.36. The minimum absolute atomic E-state index is 0.300. The van der Waals surface area contributed by atoms with Gasteiger partial charge in [0.05, 0.1) is 7.11 Å². The molecule has 1 aliphatic heterocycles. The van der Waals surface area contributed by atoms with Gasteiger partial charge in [0.1, 0.15) is 0 Å². The maximum absolute atomic E-state index is 11.5. The summed E-state index contributed by atoms with van der Waals surface area (Å²) in [5.41, 5.74) is 0. The van der Waals surface area contributed by atoms with Gasteiger partial charge in [-0.2, -0.15) is 0 Å². The first-order chi connectivity index (χ1) is 7.31. The van der Waals surface area contributed by atoms with E-state index in [0.29, 0.717) is 11.5 Å². The molecule has 1 fully saturated rings. The average Bonchev–Trinajstić information content (AvgIpc) is 2.15. The second-order valence-electron chi connectivity index (χ2n) is 3.36. The van der Waals surface area contributed by atoms with Crippen molar-refractivity contribution in [1.29, 1.82) is 0 Å². The highest BCUT2D eigenvalue weighted by atomic mass is 16.6. The smallest absolute Gasteiger partial charge is 0.415 e. The van der Waals surface area contributed by atoms with E-state index in [1.54, 1.807) is 30.2 Å². The van der Waals surface area contributed by atoms with E-state index in [9.17, 15) is 4.79 Å². The molecular weight excluding hydrogens is 194 g/mol. The third-order valence-corrected chi connectivity index (χ3v) is 2.38. The predicted molar refractivity (Wildman–Crippen MR) is 55.2 cm³/mol. The average molecular weight is 207 g/mol. The summed E-state index contributed by atoms with van der Waals surface area (Å²) >= 11 is 0. The van der Waals surface area contributed by atoms with Gasteiger partial charge in [-0.15, -0.1) is 0 Å². The molecule has 0 radical (unpaired) electrons. The van der Waals surface area contributed by atoms with Crippen molar-refractivity contribution < 1.29 is 14.3 Å². The third kappa shape index (κ3) is 2.03. The molecule has 1 amide bonds. The maximum atomic E-state index is 11.5. The zero-order valence-electron chi connectivity index (χ0n) is 8.60. The Labute approximate surface area is 88.4 Å². The number of likely N-dealkylation sites (tertiary alicyclic amines) is 1. The van der Waals surface area contributed by atoms with Gasteiger partial charge in [0.2, 0.25) is 0 Å². The van der Waals surface area contributed by atoms with Crippen LogP contribution in [0, 0.1) is 0 Å². The summed E-state index contributed by atoms with van der Waals surface area (Å²) in [6.45, 7) is 1.57. The number of ether oxygens (including phenoxy) is 2. The Balaban J connectivity index is 2.05. The van der Waals surface area contributed by atoms with Crippen molar-refractivity contribution in [2.75, 3.05) is 20.2 Å². The molecule has 0 spiro atoms. The first-order valence-corrected chi connectivity index (χ1v) is 4.91. The van der Waals surface area contributed by atoms with Crippen molar-refractivity contribution >= 4 is 6.09 Å². The molecule has 4 nitrogen and oxygen atoms in total. The van der Waals surface area contributed by atoms with Crippen LogP contribution in [0.5, 0.6) is 11.5 Å². The van der Waals surface area contributed by atoms with Crippen molar-refractivity contribution in [3.8, 4) is 11.5 Å². The molecule has 80 valence electrons. The zero-order chi connectivity index (χ0) is 10.7. The van der Waals surface area contributed by atoms with Crippen LogP contribution in [-0.2, 0) is 0 Å². The van der Waals surface area contributed by atoms with E-state index >= 15 is 0 Å². The van der Waals surface area contributed by atoms with Crippen LogP contribution in [0.25, 0.3) is 0 Å². The molecule has 15 heavy (non-hydrogen) atoms. The lowest BCUT2D eigenvalue weighted by atomic mass is 10.2. The van der Waals surface area contributed by atoms with Crippen molar-refractivity contribution in [1.82, 2.24) is 4.90 Å². The Morgan fingerprint density at radius 1 is 1.27 bits per heavy atom. The number of hydrogen-bond donors (Lipinski definition) is 0. The van der Waals surface area contributed by atoms with E-state index in [2.05, 4.69) is 0 Å². The molecule has 0 atom stereocenters. The van der Waals surface area contributed by atoms with E-state index in [1.807, 2.05) is 6.07 Å². The highest BCUT2D eigenvalue weighted by Gasteiger charge is 2.22. The highest BCUT2D eigenvalue weighted by Crippen LogP contribution is 2.26. The zero-order valence-corrected chi connectivity index (χ0v) is 8.60. The SMILES string of the molecule is COc1ccccc1OC(=O)N1CCC1. The number of amides is 1. The van der Waals surface area contributed by atoms with Gasteiger partial charge in [-0.05, 0) is 18.6 Å². The van der Waals surface area contributed by atoms with Crippen molar-refractivity contribution in [3.05, 3.63) is 24.3 Å².